The van der Waals surface area contributed by atoms with Gasteiger partial charge in [0.25, 0.3) is 5.91 Å². The third kappa shape index (κ3) is 8.59. The van der Waals surface area contributed by atoms with Gasteiger partial charge in [-0.1, -0.05) is 57.2 Å². The Bertz CT molecular complexity index is 1560. The maximum absolute atomic E-state index is 13.9. The summed E-state index contributed by atoms with van der Waals surface area (Å²) < 4.78 is 12.6. The van der Waals surface area contributed by atoms with Gasteiger partial charge in [0.05, 0.1) is 0 Å². The van der Waals surface area contributed by atoms with Crippen molar-refractivity contribution in [2.24, 2.45) is 18.2 Å². The molecule has 1 aromatic heterocycles. The first-order valence-electron chi connectivity index (χ1n) is 17.7. The van der Waals surface area contributed by atoms with Crippen molar-refractivity contribution in [3.8, 4) is 0 Å². The SMILES string of the molecule is COC(CCC(c1ccccc1N1CCN(Cc2cc(C(=O)N3CCN(c4ccccc4)CC3C)n(C)c2C)CC1)C(C)(C)C)OC(N)=O. The molecule has 2 aliphatic heterocycles. The van der Waals surface area contributed by atoms with Crippen LogP contribution in [0.25, 0.3) is 0 Å². The molecule has 2 aromatic carbocycles. The van der Waals surface area contributed by atoms with Gasteiger partial charge in [-0.25, -0.2) is 4.79 Å². The minimum atomic E-state index is -0.821. The van der Waals surface area contributed by atoms with E-state index in [0.717, 1.165) is 63.6 Å². The molecular formula is C39H56N6O4. The Balaban J connectivity index is 1.22. The largest absolute Gasteiger partial charge is 0.420 e. The van der Waals surface area contributed by atoms with Crippen molar-refractivity contribution in [3.05, 3.63) is 83.2 Å². The number of benzene rings is 2. The summed E-state index contributed by atoms with van der Waals surface area (Å²) in [6.07, 6.45) is -0.128. The molecule has 0 radical (unpaired) electrons. The molecule has 0 saturated carbocycles. The van der Waals surface area contributed by atoms with Crippen molar-refractivity contribution >= 4 is 23.4 Å². The van der Waals surface area contributed by atoms with Crippen LogP contribution in [0.15, 0.2) is 60.7 Å². The minimum Gasteiger partial charge on any atom is -0.420 e. The molecule has 266 valence electrons. The van der Waals surface area contributed by atoms with Crippen LogP contribution >= 0.6 is 0 Å². The monoisotopic (exact) mass is 672 g/mol. The highest BCUT2D eigenvalue weighted by Crippen LogP contribution is 2.43. The number of rotatable bonds is 11. The lowest BCUT2D eigenvalue weighted by Crippen LogP contribution is -2.54. The van der Waals surface area contributed by atoms with Gasteiger partial charge in [0, 0.05) is 96.0 Å². The highest BCUT2D eigenvalue weighted by molar-refractivity contribution is 5.93. The van der Waals surface area contributed by atoms with Crippen LogP contribution in [0.4, 0.5) is 16.2 Å². The van der Waals surface area contributed by atoms with Crippen LogP contribution in [0.1, 0.15) is 73.8 Å². The average Bonchev–Trinajstić information content (AvgIpc) is 3.36. The molecule has 10 nitrogen and oxygen atoms in total. The first kappa shape index (κ1) is 36.3. The quantitative estimate of drug-likeness (QED) is 0.250. The fraction of sp³-hybridized carbons (Fsp3) is 0.538. The molecule has 0 bridgehead atoms. The minimum absolute atomic E-state index is 0.0177. The molecule has 0 aliphatic carbocycles. The number of hydrogen-bond acceptors (Lipinski definition) is 7. The standard InChI is InChI=1S/C39H56N6O4/c1-28-26-44(31-13-9-8-10-14-31)23-24-45(28)37(46)35-25-30(29(2)41(35)6)27-42-19-21-43(22-20-42)34-16-12-11-15-32(34)33(39(3,4)5)17-18-36(48-7)49-38(40)47/h8-16,25,28,33,36H,17-24,26-27H2,1-7H3,(H2,40,47). The Hall–Kier alpha value is -4.02. The van der Waals surface area contributed by atoms with E-state index in [1.807, 2.05) is 18.0 Å². The number of ether oxygens (including phenoxy) is 2. The predicted molar refractivity (Wildman–Crippen MR) is 196 cm³/mol. The molecule has 2 fully saturated rings. The molecule has 2 amide bonds. The number of hydrogen-bond donors (Lipinski definition) is 1. The highest BCUT2D eigenvalue weighted by atomic mass is 16.7. The van der Waals surface area contributed by atoms with Gasteiger partial charge in [-0.15, -0.1) is 0 Å². The summed E-state index contributed by atoms with van der Waals surface area (Å²) in [7, 11) is 3.56. The van der Waals surface area contributed by atoms with E-state index in [1.165, 1.54) is 29.6 Å². The van der Waals surface area contributed by atoms with E-state index in [4.69, 9.17) is 15.2 Å². The lowest BCUT2D eigenvalue weighted by Gasteiger charge is -2.41. The van der Waals surface area contributed by atoms with E-state index in [2.05, 4.69) is 108 Å². The molecule has 2 saturated heterocycles. The molecule has 5 rings (SSSR count). The summed E-state index contributed by atoms with van der Waals surface area (Å²) in [5, 5.41) is 0. The van der Waals surface area contributed by atoms with E-state index in [9.17, 15) is 9.59 Å². The van der Waals surface area contributed by atoms with Gasteiger partial charge in [0.1, 0.15) is 5.69 Å². The summed E-state index contributed by atoms with van der Waals surface area (Å²) >= 11 is 0. The fourth-order valence-electron chi connectivity index (χ4n) is 7.58. The van der Waals surface area contributed by atoms with Crippen LogP contribution in [0.3, 0.4) is 0 Å². The smallest absolute Gasteiger partial charge is 0.406 e. The number of nitrogens with two attached hydrogens (primary N) is 1. The number of anilines is 2. The maximum Gasteiger partial charge on any atom is 0.406 e. The number of amides is 2. The Labute approximate surface area is 292 Å². The number of carbonyl (C=O) groups excluding carboxylic acids is 2. The molecule has 49 heavy (non-hydrogen) atoms. The van der Waals surface area contributed by atoms with E-state index in [-0.39, 0.29) is 23.3 Å². The van der Waals surface area contributed by atoms with Crippen molar-refractivity contribution in [3.63, 3.8) is 0 Å². The van der Waals surface area contributed by atoms with Gasteiger partial charge >= 0.3 is 6.09 Å². The van der Waals surface area contributed by atoms with Gasteiger partial charge < -0.3 is 34.5 Å². The summed E-state index contributed by atoms with van der Waals surface area (Å²) in [5.41, 5.74) is 12.2. The number of piperazine rings is 2. The topological polar surface area (TPSA) is 96.5 Å². The molecule has 2 N–H and O–H groups in total. The van der Waals surface area contributed by atoms with Gasteiger partial charge in [-0.05, 0) is 67.0 Å². The Morgan fingerprint density at radius 1 is 0.918 bits per heavy atom. The summed E-state index contributed by atoms with van der Waals surface area (Å²) in [4.78, 5) is 34.7. The summed E-state index contributed by atoms with van der Waals surface area (Å²) in [6, 6.07) is 21.4. The van der Waals surface area contributed by atoms with Crippen LogP contribution in [0.5, 0.6) is 0 Å². The van der Waals surface area contributed by atoms with Gasteiger partial charge in [0.2, 0.25) is 6.29 Å². The van der Waals surface area contributed by atoms with Crippen LogP contribution in [-0.2, 0) is 23.1 Å². The fourth-order valence-corrected chi connectivity index (χ4v) is 7.58. The number of carbonyl (C=O) groups is 2. The van der Waals surface area contributed by atoms with Gasteiger partial charge in [-0.3, -0.25) is 9.69 Å². The van der Waals surface area contributed by atoms with Crippen LogP contribution in [0.2, 0.25) is 0 Å². The van der Waals surface area contributed by atoms with Gasteiger partial charge in [0.15, 0.2) is 0 Å². The van der Waals surface area contributed by atoms with Crippen LogP contribution in [0, 0.1) is 12.3 Å². The average molecular weight is 673 g/mol. The van der Waals surface area contributed by atoms with E-state index < -0.39 is 12.4 Å². The third-order valence-electron chi connectivity index (χ3n) is 10.5. The van der Waals surface area contributed by atoms with Crippen molar-refractivity contribution in [1.29, 1.82) is 0 Å². The first-order valence-corrected chi connectivity index (χ1v) is 17.7. The normalized spacial score (nSPS) is 18.8. The zero-order valence-electron chi connectivity index (χ0n) is 30.5. The third-order valence-corrected chi connectivity index (χ3v) is 10.5. The van der Waals surface area contributed by atoms with Crippen LogP contribution in [-0.4, -0.2) is 91.6 Å². The molecular weight excluding hydrogens is 616 g/mol. The summed E-state index contributed by atoms with van der Waals surface area (Å²) in [5.74, 6) is 0.340. The van der Waals surface area contributed by atoms with E-state index in [1.54, 1.807) is 0 Å². The van der Waals surface area contributed by atoms with Crippen molar-refractivity contribution < 1.29 is 19.1 Å². The second-order valence-corrected chi connectivity index (χ2v) is 14.7. The van der Waals surface area contributed by atoms with Crippen molar-refractivity contribution in [1.82, 2.24) is 14.4 Å². The van der Waals surface area contributed by atoms with E-state index in [0.29, 0.717) is 13.0 Å². The van der Waals surface area contributed by atoms with Crippen molar-refractivity contribution in [2.45, 2.75) is 72.3 Å². The number of nitrogens with zero attached hydrogens (tertiary/aromatic N) is 5. The van der Waals surface area contributed by atoms with Crippen molar-refractivity contribution in [2.75, 3.05) is 62.7 Å². The number of aromatic nitrogens is 1. The molecule has 0 spiro atoms. The zero-order chi connectivity index (χ0) is 35.3. The molecule has 3 unspecified atom stereocenters. The number of methoxy groups -OCH3 is 1. The Kier molecular flexibility index (Phi) is 11.6. The number of primary amides is 1. The molecule has 3 atom stereocenters. The maximum atomic E-state index is 13.9. The van der Waals surface area contributed by atoms with E-state index >= 15 is 0 Å². The molecule has 3 heterocycles. The molecule has 2 aliphatic rings. The Morgan fingerprint density at radius 2 is 1.57 bits per heavy atom. The highest BCUT2D eigenvalue weighted by Gasteiger charge is 2.33. The van der Waals surface area contributed by atoms with Gasteiger partial charge in [-0.2, -0.15) is 0 Å². The predicted octanol–water partition coefficient (Wildman–Crippen LogP) is 5.98. The molecule has 10 heteroatoms. The zero-order valence-corrected chi connectivity index (χ0v) is 30.5. The second-order valence-electron chi connectivity index (χ2n) is 14.7. The Morgan fingerprint density at radius 3 is 2.20 bits per heavy atom. The molecule has 3 aromatic rings. The van der Waals surface area contributed by atoms with Crippen LogP contribution < -0.4 is 15.5 Å². The summed E-state index contributed by atoms with van der Waals surface area (Å²) in [6.45, 7) is 18.0. The second kappa shape index (κ2) is 15.7. The lowest BCUT2D eigenvalue weighted by molar-refractivity contribution is -0.0853. The lowest BCUT2D eigenvalue weighted by atomic mass is 9.73. The first-order chi connectivity index (χ1) is 23.4. The number of para-hydroxylation sites is 2.